The lowest BCUT2D eigenvalue weighted by atomic mass is 9.74. The highest BCUT2D eigenvalue weighted by molar-refractivity contribution is 5.72. The first-order valence-corrected chi connectivity index (χ1v) is 13.3. The standard InChI is InChI=1S/C27H50O2/c1-4-6-8-12-24-13-17-25(18-14-24)22(3)10-9-21-29-27(28)26-19-15-23(16-20-26)11-7-5-2/h22-26H,4-21H2,1-3H3. The van der Waals surface area contributed by atoms with E-state index >= 15 is 0 Å². The van der Waals surface area contributed by atoms with Crippen LogP contribution < -0.4 is 0 Å². The molecule has 0 saturated heterocycles. The van der Waals surface area contributed by atoms with Crippen LogP contribution in [-0.2, 0) is 9.53 Å². The topological polar surface area (TPSA) is 26.3 Å². The van der Waals surface area contributed by atoms with Gasteiger partial charge in [-0.1, -0.05) is 78.6 Å². The molecule has 0 radical (unpaired) electrons. The van der Waals surface area contributed by atoms with Gasteiger partial charge in [0.05, 0.1) is 12.5 Å². The first-order chi connectivity index (χ1) is 14.1. The van der Waals surface area contributed by atoms with E-state index in [-0.39, 0.29) is 11.9 Å². The Morgan fingerprint density at radius 3 is 2.00 bits per heavy atom. The third-order valence-corrected chi connectivity index (χ3v) is 8.11. The summed E-state index contributed by atoms with van der Waals surface area (Å²) in [7, 11) is 0. The van der Waals surface area contributed by atoms with Crippen LogP contribution in [0.2, 0.25) is 0 Å². The van der Waals surface area contributed by atoms with E-state index in [9.17, 15) is 4.79 Å². The summed E-state index contributed by atoms with van der Waals surface area (Å²) in [6, 6.07) is 0. The van der Waals surface area contributed by atoms with Gasteiger partial charge in [0.15, 0.2) is 0 Å². The Hall–Kier alpha value is -0.530. The zero-order valence-electron chi connectivity index (χ0n) is 19.9. The van der Waals surface area contributed by atoms with Gasteiger partial charge in [-0.05, 0) is 75.0 Å². The molecule has 0 aromatic rings. The van der Waals surface area contributed by atoms with Crippen molar-refractivity contribution in [2.24, 2.45) is 29.6 Å². The molecule has 2 aliphatic carbocycles. The summed E-state index contributed by atoms with van der Waals surface area (Å²) in [5.74, 6) is 3.85. The van der Waals surface area contributed by atoms with Gasteiger partial charge in [-0.2, -0.15) is 0 Å². The summed E-state index contributed by atoms with van der Waals surface area (Å²) in [5, 5.41) is 0. The fraction of sp³-hybridized carbons (Fsp3) is 0.963. The fourth-order valence-electron chi connectivity index (χ4n) is 5.84. The summed E-state index contributed by atoms with van der Waals surface area (Å²) in [5.41, 5.74) is 0. The average Bonchev–Trinajstić information content (AvgIpc) is 2.76. The van der Waals surface area contributed by atoms with Crippen molar-refractivity contribution >= 4 is 5.97 Å². The van der Waals surface area contributed by atoms with E-state index in [1.165, 1.54) is 89.9 Å². The second-order valence-electron chi connectivity index (χ2n) is 10.4. The number of hydrogen-bond donors (Lipinski definition) is 0. The lowest BCUT2D eigenvalue weighted by molar-refractivity contribution is -0.150. The molecule has 1 unspecified atom stereocenters. The molecule has 2 saturated carbocycles. The van der Waals surface area contributed by atoms with Crippen LogP contribution in [0.15, 0.2) is 0 Å². The van der Waals surface area contributed by atoms with Gasteiger partial charge < -0.3 is 4.74 Å². The Morgan fingerprint density at radius 1 is 0.793 bits per heavy atom. The van der Waals surface area contributed by atoms with Crippen LogP contribution in [-0.4, -0.2) is 12.6 Å². The number of ether oxygens (including phenoxy) is 1. The van der Waals surface area contributed by atoms with Crippen LogP contribution in [0.3, 0.4) is 0 Å². The summed E-state index contributed by atoms with van der Waals surface area (Å²) < 4.78 is 5.67. The van der Waals surface area contributed by atoms with Crippen molar-refractivity contribution in [1.29, 1.82) is 0 Å². The number of hydrogen-bond acceptors (Lipinski definition) is 2. The maximum atomic E-state index is 12.4. The monoisotopic (exact) mass is 406 g/mol. The van der Waals surface area contributed by atoms with Gasteiger partial charge >= 0.3 is 5.97 Å². The van der Waals surface area contributed by atoms with Crippen molar-refractivity contribution in [3.63, 3.8) is 0 Å². The van der Waals surface area contributed by atoms with Crippen LogP contribution in [0, 0.1) is 29.6 Å². The third kappa shape index (κ3) is 9.43. The first-order valence-electron chi connectivity index (χ1n) is 13.3. The van der Waals surface area contributed by atoms with Crippen molar-refractivity contribution in [3.05, 3.63) is 0 Å². The molecule has 0 heterocycles. The summed E-state index contributed by atoms with van der Waals surface area (Å²) >= 11 is 0. The van der Waals surface area contributed by atoms with Crippen LogP contribution in [0.25, 0.3) is 0 Å². The Bertz CT molecular complexity index is 416. The minimum Gasteiger partial charge on any atom is -0.465 e. The highest BCUT2D eigenvalue weighted by Crippen LogP contribution is 2.37. The van der Waals surface area contributed by atoms with Crippen LogP contribution in [0.1, 0.15) is 130 Å². The predicted molar refractivity (Wildman–Crippen MR) is 124 cm³/mol. The van der Waals surface area contributed by atoms with E-state index in [1.807, 2.05) is 0 Å². The lowest BCUT2D eigenvalue weighted by Gasteiger charge is -2.32. The van der Waals surface area contributed by atoms with Crippen molar-refractivity contribution in [2.45, 2.75) is 130 Å². The zero-order chi connectivity index (χ0) is 20.9. The van der Waals surface area contributed by atoms with Gasteiger partial charge in [0.1, 0.15) is 0 Å². The molecule has 0 aromatic heterocycles. The van der Waals surface area contributed by atoms with E-state index in [1.54, 1.807) is 0 Å². The number of carbonyl (C=O) groups excluding carboxylic acids is 1. The molecule has 2 aliphatic rings. The molecule has 0 bridgehead atoms. The second-order valence-corrected chi connectivity index (χ2v) is 10.4. The van der Waals surface area contributed by atoms with Gasteiger partial charge in [0, 0.05) is 0 Å². The zero-order valence-corrected chi connectivity index (χ0v) is 19.9. The first kappa shape index (κ1) is 24.7. The van der Waals surface area contributed by atoms with Crippen molar-refractivity contribution in [3.8, 4) is 0 Å². The Labute approximate surface area is 181 Å². The second kappa shape index (κ2) is 14.5. The molecule has 0 aliphatic heterocycles. The van der Waals surface area contributed by atoms with E-state index in [4.69, 9.17) is 4.74 Å². The van der Waals surface area contributed by atoms with Gasteiger partial charge in [0.25, 0.3) is 0 Å². The third-order valence-electron chi connectivity index (χ3n) is 8.11. The SMILES string of the molecule is CCCCCC1CCC(C(C)CCCOC(=O)C2CCC(CCCC)CC2)CC1. The minimum absolute atomic E-state index is 0.0965. The lowest BCUT2D eigenvalue weighted by Crippen LogP contribution is -2.24. The molecular weight excluding hydrogens is 356 g/mol. The molecule has 2 heteroatoms. The smallest absolute Gasteiger partial charge is 0.308 e. The molecule has 170 valence electrons. The predicted octanol–water partition coefficient (Wildman–Crippen LogP) is 8.33. The van der Waals surface area contributed by atoms with Crippen LogP contribution in [0.4, 0.5) is 0 Å². The van der Waals surface area contributed by atoms with E-state index in [2.05, 4.69) is 20.8 Å². The summed E-state index contributed by atoms with van der Waals surface area (Å²) in [4.78, 5) is 12.4. The maximum Gasteiger partial charge on any atom is 0.308 e. The van der Waals surface area contributed by atoms with E-state index in [0.29, 0.717) is 6.61 Å². The number of esters is 1. The van der Waals surface area contributed by atoms with Gasteiger partial charge in [-0.25, -0.2) is 0 Å². The molecule has 0 amide bonds. The highest BCUT2D eigenvalue weighted by atomic mass is 16.5. The van der Waals surface area contributed by atoms with E-state index < -0.39 is 0 Å². The van der Waals surface area contributed by atoms with Gasteiger partial charge in [-0.3, -0.25) is 4.79 Å². The Balaban J connectivity index is 1.51. The summed E-state index contributed by atoms with van der Waals surface area (Å²) in [6.45, 7) is 7.64. The minimum atomic E-state index is 0.0965. The van der Waals surface area contributed by atoms with E-state index in [0.717, 1.165) is 42.9 Å². The molecule has 2 nitrogen and oxygen atoms in total. The van der Waals surface area contributed by atoms with Crippen molar-refractivity contribution < 1.29 is 9.53 Å². The molecule has 2 rings (SSSR count). The number of carbonyl (C=O) groups is 1. The van der Waals surface area contributed by atoms with Crippen molar-refractivity contribution in [1.82, 2.24) is 0 Å². The Kier molecular flexibility index (Phi) is 12.3. The average molecular weight is 407 g/mol. The van der Waals surface area contributed by atoms with Gasteiger partial charge in [0.2, 0.25) is 0 Å². The summed E-state index contributed by atoms with van der Waals surface area (Å²) in [6.07, 6.45) is 22.3. The van der Waals surface area contributed by atoms with Crippen LogP contribution >= 0.6 is 0 Å². The molecule has 0 N–H and O–H groups in total. The molecule has 0 aromatic carbocycles. The maximum absolute atomic E-state index is 12.4. The molecule has 2 fully saturated rings. The fourth-order valence-corrected chi connectivity index (χ4v) is 5.84. The molecule has 1 atom stereocenters. The largest absolute Gasteiger partial charge is 0.465 e. The molecule has 29 heavy (non-hydrogen) atoms. The number of unbranched alkanes of at least 4 members (excludes halogenated alkanes) is 3. The quantitative estimate of drug-likeness (QED) is 0.227. The van der Waals surface area contributed by atoms with Crippen molar-refractivity contribution in [2.75, 3.05) is 6.61 Å². The Morgan fingerprint density at radius 2 is 1.38 bits per heavy atom. The number of rotatable bonds is 13. The van der Waals surface area contributed by atoms with Gasteiger partial charge in [-0.15, -0.1) is 0 Å². The highest BCUT2D eigenvalue weighted by Gasteiger charge is 2.27. The molecular formula is C27H50O2. The molecule has 0 spiro atoms. The normalized spacial score (nSPS) is 28.8. The van der Waals surface area contributed by atoms with Crippen LogP contribution in [0.5, 0.6) is 0 Å².